The van der Waals surface area contributed by atoms with Crippen molar-refractivity contribution in [2.45, 2.75) is 6.92 Å². The van der Waals surface area contributed by atoms with E-state index in [1.54, 1.807) is 18.2 Å². The minimum atomic E-state index is -0.565. The van der Waals surface area contributed by atoms with Gasteiger partial charge in [-0.2, -0.15) is 0 Å². The number of amides is 1. The first-order valence-corrected chi connectivity index (χ1v) is 6.59. The van der Waals surface area contributed by atoms with Gasteiger partial charge in [-0.3, -0.25) is 4.79 Å². The Labute approximate surface area is 121 Å². The monoisotopic (exact) mass is 292 g/mol. The molecule has 0 aliphatic heterocycles. The van der Waals surface area contributed by atoms with Crippen LogP contribution in [0.2, 0.25) is 5.02 Å². The molecule has 0 unspecified atom stereocenters. The number of anilines is 2. The van der Waals surface area contributed by atoms with Crippen LogP contribution in [0.1, 0.15) is 17.3 Å². The minimum Gasteiger partial charge on any atom is -0.385 e. The number of para-hydroxylation sites is 1. The third kappa shape index (κ3) is 3.27. The summed E-state index contributed by atoms with van der Waals surface area (Å²) in [5.41, 5.74) is 1.61. The number of hydrogen-bond acceptors (Lipinski definition) is 2. The van der Waals surface area contributed by atoms with Gasteiger partial charge in [-0.15, -0.1) is 0 Å². The van der Waals surface area contributed by atoms with Gasteiger partial charge in [-0.1, -0.05) is 23.7 Å². The predicted octanol–water partition coefficient (Wildman–Crippen LogP) is 4.16. The Bertz CT molecular complexity index is 631. The van der Waals surface area contributed by atoms with Crippen LogP contribution >= 0.6 is 11.6 Å². The Morgan fingerprint density at radius 2 is 2.00 bits per heavy atom. The van der Waals surface area contributed by atoms with Crippen LogP contribution in [0.5, 0.6) is 0 Å². The normalized spacial score (nSPS) is 10.2. The van der Waals surface area contributed by atoms with E-state index in [9.17, 15) is 9.18 Å². The predicted molar refractivity (Wildman–Crippen MR) is 80.0 cm³/mol. The first kappa shape index (κ1) is 14.3. The van der Waals surface area contributed by atoms with Crippen LogP contribution in [-0.2, 0) is 0 Å². The van der Waals surface area contributed by atoms with Gasteiger partial charge in [0.05, 0.1) is 10.6 Å². The van der Waals surface area contributed by atoms with Gasteiger partial charge in [0.15, 0.2) is 0 Å². The average Bonchev–Trinajstić information content (AvgIpc) is 2.44. The Hall–Kier alpha value is -2.07. The third-order valence-electron chi connectivity index (χ3n) is 2.72. The molecule has 2 aromatic carbocycles. The molecule has 5 heteroatoms. The van der Waals surface area contributed by atoms with E-state index in [1.165, 1.54) is 12.1 Å². The molecular formula is C15H14ClFN2O. The van der Waals surface area contributed by atoms with E-state index in [2.05, 4.69) is 10.6 Å². The molecule has 2 N–H and O–H groups in total. The summed E-state index contributed by atoms with van der Waals surface area (Å²) in [6, 6.07) is 11.3. The second-order valence-corrected chi connectivity index (χ2v) is 4.57. The second kappa shape index (κ2) is 6.39. The smallest absolute Gasteiger partial charge is 0.257 e. The first-order chi connectivity index (χ1) is 9.61. The fourth-order valence-electron chi connectivity index (χ4n) is 1.80. The van der Waals surface area contributed by atoms with Gasteiger partial charge in [-0.25, -0.2) is 4.39 Å². The van der Waals surface area contributed by atoms with Gasteiger partial charge in [0, 0.05) is 17.9 Å². The fourth-order valence-corrected chi connectivity index (χ4v) is 1.92. The van der Waals surface area contributed by atoms with Crippen LogP contribution in [0.15, 0.2) is 42.5 Å². The molecule has 0 aliphatic rings. The van der Waals surface area contributed by atoms with E-state index in [-0.39, 0.29) is 10.9 Å². The summed E-state index contributed by atoms with van der Waals surface area (Å²) in [4.78, 5) is 12.2. The van der Waals surface area contributed by atoms with Crippen LogP contribution in [0.3, 0.4) is 0 Å². The Balaban J connectivity index is 2.21. The summed E-state index contributed by atoms with van der Waals surface area (Å²) >= 11 is 5.60. The van der Waals surface area contributed by atoms with Gasteiger partial charge in [0.2, 0.25) is 0 Å². The number of halogens is 2. The van der Waals surface area contributed by atoms with Crippen molar-refractivity contribution in [3.8, 4) is 0 Å². The highest BCUT2D eigenvalue weighted by Crippen LogP contribution is 2.21. The number of carbonyl (C=O) groups excluding carboxylic acids is 1. The van der Waals surface area contributed by atoms with Crippen LogP contribution in [0.4, 0.5) is 15.8 Å². The Kier molecular flexibility index (Phi) is 4.58. The minimum absolute atomic E-state index is 0.0241. The summed E-state index contributed by atoms with van der Waals surface area (Å²) in [5, 5.41) is 5.78. The maximum absolute atomic E-state index is 13.3. The van der Waals surface area contributed by atoms with Crippen molar-refractivity contribution in [2.75, 3.05) is 17.2 Å². The second-order valence-electron chi connectivity index (χ2n) is 4.16. The summed E-state index contributed by atoms with van der Waals surface area (Å²) < 4.78 is 13.3. The van der Waals surface area contributed by atoms with Crippen LogP contribution in [0, 0.1) is 5.82 Å². The summed E-state index contributed by atoms with van der Waals surface area (Å²) in [7, 11) is 0. The van der Waals surface area contributed by atoms with Crippen LogP contribution in [0.25, 0.3) is 0 Å². The fraction of sp³-hybridized carbons (Fsp3) is 0.133. The molecule has 3 nitrogen and oxygen atoms in total. The van der Waals surface area contributed by atoms with Crippen molar-refractivity contribution >= 4 is 28.9 Å². The molecular weight excluding hydrogens is 279 g/mol. The first-order valence-electron chi connectivity index (χ1n) is 6.21. The molecule has 0 aromatic heterocycles. The molecule has 0 radical (unpaired) electrons. The molecule has 0 heterocycles. The molecule has 0 atom stereocenters. The van der Waals surface area contributed by atoms with Gasteiger partial charge in [0.25, 0.3) is 5.91 Å². The Morgan fingerprint density at radius 3 is 2.70 bits per heavy atom. The quantitative estimate of drug-likeness (QED) is 0.888. The van der Waals surface area contributed by atoms with Crippen molar-refractivity contribution < 1.29 is 9.18 Å². The van der Waals surface area contributed by atoms with Crippen molar-refractivity contribution in [1.29, 1.82) is 0 Å². The van der Waals surface area contributed by atoms with E-state index in [0.29, 0.717) is 17.8 Å². The highest BCUT2D eigenvalue weighted by molar-refractivity contribution is 6.30. The van der Waals surface area contributed by atoms with Crippen molar-refractivity contribution in [3.05, 3.63) is 58.9 Å². The van der Waals surface area contributed by atoms with E-state index in [1.807, 2.05) is 19.1 Å². The van der Waals surface area contributed by atoms with Crippen LogP contribution < -0.4 is 10.6 Å². The lowest BCUT2D eigenvalue weighted by Gasteiger charge is -2.11. The number of benzene rings is 2. The zero-order chi connectivity index (χ0) is 14.5. The van der Waals surface area contributed by atoms with E-state index < -0.39 is 5.82 Å². The van der Waals surface area contributed by atoms with Crippen molar-refractivity contribution in [3.63, 3.8) is 0 Å². The number of rotatable bonds is 4. The molecule has 0 spiro atoms. The molecule has 0 saturated heterocycles. The molecule has 2 rings (SSSR count). The lowest BCUT2D eigenvalue weighted by atomic mass is 10.1. The summed E-state index contributed by atoms with van der Waals surface area (Å²) in [6.45, 7) is 2.66. The maximum atomic E-state index is 13.3. The number of hydrogen-bond donors (Lipinski definition) is 2. The zero-order valence-corrected chi connectivity index (χ0v) is 11.7. The Morgan fingerprint density at radius 1 is 1.25 bits per heavy atom. The highest BCUT2D eigenvalue weighted by atomic mass is 35.5. The van der Waals surface area contributed by atoms with Gasteiger partial charge in [-0.05, 0) is 37.3 Å². The SMILES string of the molecule is CCNc1ccccc1C(=O)Nc1ccc(Cl)c(F)c1. The maximum Gasteiger partial charge on any atom is 0.257 e. The van der Waals surface area contributed by atoms with Crippen LogP contribution in [-0.4, -0.2) is 12.5 Å². The zero-order valence-electron chi connectivity index (χ0n) is 10.9. The number of carbonyl (C=O) groups is 1. The third-order valence-corrected chi connectivity index (χ3v) is 3.02. The molecule has 1 amide bonds. The molecule has 0 aliphatic carbocycles. The molecule has 0 saturated carbocycles. The lowest BCUT2D eigenvalue weighted by Crippen LogP contribution is -2.14. The molecule has 104 valence electrons. The van der Waals surface area contributed by atoms with E-state index in [4.69, 9.17) is 11.6 Å². The molecule has 2 aromatic rings. The van der Waals surface area contributed by atoms with Crippen molar-refractivity contribution in [1.82, 2.24) is 0 Å². The topological polar surface area (TPSA) is 41.1 Å². The standard InChI is InChI=1S/C15H14ClFN2O/c1-2-18-14-6-4-3-5-11(14)15(20)19-10-7-8-12(16)13(17)9-10/h3-9,18H,2H2,1H3,(H,19,20). The van der Waals surface area contributed by atoms with Gasteiger partial charge in [0.1, 0.15) is 5.82 Å². The summed E-state index contributed by atoms with van der Waals surface area (Å²) in [5.74, 6) is -0.868. The average molecular weight is 293 g/mol. The van der Waals surface area contributed by atoms with Gasteiger partial charge >= 0.3 is 0 Å². The highest BCUT2D eigenvalue weighted by Gasteiger charge is 2.11. The van der Waals surface area contributed by atoms with E-state index >= 15 is 0 Å². The van der Waals surface area contributed by atoms with E-state index in [0.717, 1.165) is 5.69 Å². The summed E-state index contributed by atoms with van der Waals surface area (Å²) in [6.07, 6.45) is 0. The lowest BCUT2D eigenvalue weighted by molar-refractivity contribution is 0.102. The molecule has 0 fully saturated rings. The number of nitrogens with one attached hydrogen (secondary N) is 2. The molecule has 0 bridgehead atoms. The largest absolute Gasteiger partial charge is 0.385 e. The van der Waals surface area contributed by atoms with Gasteiger partial charge < -0.3 is 10.6 Å². The van der Waals surface area contributed by atoms with Crippen molar-refractivity contribution in [2.24, 2.45) is 0 Å². The molecule has 20 heavy (non-hydrogen) atoms.